The van der Waals surface area contributed by atoms with Crippen LogP contribution in [0.5, 0.6) is 5.75 Å². The minimum absolute atomic E-state index is 0.000816. The summed E-state index contributed by atoms with van der Waals surface area (Å²) in [4.78, 5) is 6.78. The SMILES string of the molecule is COc1ccc([C@@](C)(O)[C@@H]2CCCN2Cc2nc(C(C)(C)C)no2)cc1. The van der Waals surface area contributed by atoms with E-state index in [0.29, 0.717) is 18.3 Å². The van der Waals surface area contributed by atoms with Gasteiger partial charge in [-0.2, -0.15) is 4.98 Å². The number of hydrogen-bond acceptors (Lipinski definition) is 6. The Kier molecular flexibility index (Phi) is 5.08. The van der Waals surface area contributed by atoms with E-state index in [1.807, 2.05) is 31.2 Å². The largest absolute Gasteiger partial charge is 0.497 e. The summed E-state index contributed by atoms with van der Waals surface area (Å²) in [5.74, 6) is 2.10. The molecule has 3 rings (SSSR count). The summed E-state index contributed by atoms with van der Waals surface area (Å²) in [5, 5.41) is 15.4. The first kappa shape index (κ1) is 18.9. The Morgan fingerprint density at radius 3 is 2.50 bits per heavy atom. The lowest BCUT2D eigenvalue weighted by molar-refractivity contribution is -0.0278. The number of ether oxygens (including phenoxy) is 1. The van der Waals surface area contributed by atoms with Gasteiger partial charge in [-0.1, -0.05) is 38.1 Å². The average Bonchev–Trinajstić information content (AvgIpc) is 3.24. The van der Waals surface area contributed by atoms with Gasteiger partial charge in [0.05, 0.1) is 13.7 Å². The minimum atomic E-state index is -0.963. The lowest BCUT2D eigenvalue weighted by Crippen LogP contribution is -2.45. The molecule has 1 fully saturated rings. The molecule has 0 amide bonds. The van der Waals surface area contributed by atoms with E-state index in [-0.39, 0.29) is 11.5 Å². The van der Waals surface area contributed by atoms with Crippen LogP contribution in [0.2, 0.25) is 0 Å². The number of rotatable bonds is 5. The van der Waals surface area contributed by atoms with Crippen LogP contribution in [0.4, 0.5) is 0 Å². The fourth-order valence-corrected chi connectivity index (χ4v) is 3.57. The lowest BCUT2D eigenvalue weighted by atomic mass is 9.86. The van der Waals surface area contributed by atoms with E-state index in [4.69, 9.17) is 9.26 Å². The van der Waals surface area contributed by atoms with Gasteiger partial charge in [0.1, 0.15) is 11.4 Å². The maximum Gasteiger partial charge on any atom is 0.240 e. The lowest BCUT2D eigenvalue weighted by Gasteiger charge is -2.36. The Morgan fingerprint density at radius 1 is 1.23 bits per heavy atom. The van der Waals surface area contributed by atoms with Gasteiger partial charge in [0.25, 0.3) is 0 Å². The first-order chi connectivity index (χ1) is 12.2. The first-order valence-electron chi connectivity index (χ1n) is 9.16. The number of aliphatic hydroxyl groups is 1. The standard InChI is InChI=1S/C20H29N3O3/c1-19(2,3)18-21-17(26-22-18)13-23-12-6-7-16(23)20(4,24)14-8-10-15(25-5)11-9-14/h8-11,16,24H,6-7,12-13H2,1-5H3/t16-,20+/m0/s1. The van der Waals surface area contributed by atoms with Crippen molar-refractivity contribution in [2.75, 3.05) is 13.7 Å². The highest BCUT2D eigenvalue weighted by atomic mass is 16.5. The molecule has 1 aromatic carbocycles. The summed E-state index contributed by atoms with van der Waals surface area (Å²) in [6.45, 7) is 9.54. The number of benzene rings is 1. The number of nitrogens with zero attached hydrogens (tertiary/aromatic N) is 3. The Labute approximate surface area is 155 Å². The molecule has 142 valence electrons. The zero-order valence-electron chi connectivity index (χ0n) is 16.3. The smallest absolute Gasteiger partial charge is 0.240 e. The van der Waals surface area contributed by atoms with Gasteiger partial charge in [-0.05, 0) is 44.0 Å². The second kappa shape index (κ2) is 7.00. The van der Waals surface area contributed by atoms with Gasteiger partial charge in [-0.25, -0.2) is 0 Å². The first-order valence-corrected chi connectivity index (χ1v) is 9.16. The predicted molar refractivity (Wildman–Crippen MR) is 99.0 cm³/mol. The zero-order chi connectivity index (χ0) is 18.9. The summed E-state index contributed by atoms with van der Waals surface area (Å²) in [5.41, 5.74) is -0.216. The quantitative estimate of drug-likeness (QED) is 0.884. The summed E-state index contributed by atoms with van der Waals surface area (Å²) in [6, 6.07) is 7.63. The molecule has 0 aliphatic carbocycles. The molecular weight excluding hydrogens is 330 g/mol. The third-order valence-corrected chi connectivity index (χ3v) is 5.16. The van der Waals surface area contributed by atoms with Crippen LogP contribution >= 0.6 is 0 Å². The molecule has 6 heteroatoms. The Hall–Kier alpha value is -1.92. The van der Waals surface area contributed by atoms with E-state index >= 15 is 0 Å². The van der Waals surface area contributed by atoms with Crippen LogP contribution in [0, 0.1) is 0 Å². The van der Waals surface area contributed by atoms with Crippen molar-refractivity contribution in [2.45, 2.75) is 64.1 Å². The van der Waals surface area contributed by atoms with Gasteiger partial charge in [0.2, 0.25) is 5.89 Å². The van der Waals surface area contributed by atoms with Crippen molar-refractivity contribution in [3.05, 3.63) is 41.5 Å². The molecule has 0 radical (unpaired) electrons. The average molecular weight is 359 g/mol. The van der Waals surface area contributed by atoms with Crippen molar-refractivity contribution in [3.63, 3.8) is 0 Å². The van der Waals surface area contributed by atoms with Gasteiger partial charge in [0, 0.05) is 11.5 Å². The third kappa shape index (κ3) is 3.76. The fourth-order valence-electron chi connectivity index (χ4n) is 3.57. The van der Waals surface area contributed by atoms with Crippen molar-refractivity contribution in [1.82, 2.24) is 15.0 Å². The second-order valence-electron chi connectivity index (χ2n) is 8.27. The van der Waals surface area contributed by atoms with Crippen molar-refractivity contribution < 1.29 is 14.4 Å². The zero-order valence-corrected chi connectivity index (χ0v) is 16.3. The fraction of sp³-hybridized carbons (Fsp3) is 0.600. The van der Waals surface area contributed by atoms with Gasteiger partial charge >= 0.3 is 0 Å². The maximum atomic E-state index is 11.3. The van der Waals surface area contributed by atoms with E-state index < -0.39 is 5.60 Å². The molecule has 2 aromatic rings. The summed E-state index contributed by atoms with van der Waals surface area (Å²) in [7, 11) is 1.64. The van der Waals surface area contributed by atoms with E-state index in [2.05, 4.69) is 35.8 Å². The van der Waals surface area contributed by atoms with Gasteiger partial charge in [-0.15, -0.1) is 0 Å². The molecule has 1 aromatic heterocycles. The molecule has 1 saturated heterocycles. The molecule has 0 bridgehead atoms. The number of hydrogen-bond donors (Lipinski definition) is 1. The van der Waals surface area contributed by atoms with Crippen LogP contribution in [-0.4, -0.2) is 39.8 Å². The number of likely N-dealkylation sites (tertiary alicyclic amines) is 1. The van der Waals surface area contributed by atoms with E-state index in [1.165, 1.54) is 0 Å². The van der Waals surface area contributed by atoms with Gasteiger partial charge in [0.15, 0.2) is 5.82 Å². The minimum Gasteiger partial charge on any atom is -0.497 e. The van der Waals surface area contributed by atoms with Crippen molar-refractivity contribution in [1.29, 1.82) is 0 Å². The normalized spacial score (nSPS) is 20.9. The van der Waals surface area contributed by atoms with Crippen molar-refractivity contribution >= 4 is 0 Å². The second-order valence-corrected chi connectivity index (χ2v) is 8.27. The number of aromatic nitrogens is 2. The molecule has 1 aliphatic rings. The summed E-state index contributed by atoms with van der Waals surface area (Å²) < 4.78 is 10.7. The van der Waals surface area contributed by atoms with Crippen LogP contribution in [-0.2, 0) is 17.6 Å². The molecule has 26 heavy (non-hydrogen) atoms. The molecule has 2 heterocycles. The monoisotopic (exact) mass is 359 g/mol. The van der Waals surface area contributed by atoms with Gasteiger partial charge in [-0.3, -0.25) is 4.90 Å². The molecule has 2 atom stereocenters. The van der Waals surface area contributed by atoms with Gasteiger partial charge < -0.3 is 14.4 Å². The Bertz CT molecular complexity index is 732. The third-order valence-electron chi connectivity index (χ3n) is 5.16. The Balaban J connectivity index is 1.77. The van der Waals surface area contributed by atoms with E-state index in [9.17, 15) is 5.11 Å². The molecule has 1 aliphatic heterocycles. The number of methoxy groups -OCH3 is 1. The van der Waals surface area contributed by atoms with Crippen molar-refractivity contribution in [3.8, 4) is 5.75 Å². The highest BCUT2D eigenvalue weighted by Crippen LogP contribution is 2.36. The molecular formula is C20H29N3O3. The van der Waals surface area contributed by atoms with Crippen LogP contribution < -0.4 is 4.74 Å². The van der Waals surface area contributed by atoms with E-state index in [0.717, 1.165) is 30.7 Å². The highest BCUT2D eigenvalue weighted by molar-refractivity contribution is 5.31. The molecule has 0 saturated carbocycles. The Morgan fingerprint density at radius 2 is 1.92 bits per heavy atom. The molecule has 0 spiro atoms. The highest BCUT2D eigenvalue weighted by Gasteiger charge is 2.41. The predicted octanol–water partition coefficient (Wildman–Crippen LogP) is 3.25. The van der Waals surface area contributed by atoms with Crippen LogP contribution in [0.15, 0.2) is 28.8 Å². The summed E-state index contributed by atoms with van der Waals surface area (Å²) in [6.07, 6.45) is 1.97. The molecule has 6 nitrogen and oxygen atoms in total. The van der Waals surface area contributed by atoms with Crippen LogP contribution in [0.25, 0.3) is 0 Å². The molecule has 0 unspecified atom stereocenters. The summed E-state index contributed by atoms with van der Waals surface area (Å²) >= 11 is 0. The van der Waals surface area contributed by atoms with E-state index in [1.54, 1.807) is 7.11 Å². The van der Waals surface area contributed by atoms with Crippen LogP contribution in [0.1, 0.15) is 57.8 Å². The van der Waals surface area contributed by atoms with Crippen LogP contribution in [0.3, 0.4) is 0 Å². The topological polar surface area (TPSA) is 71.6 Å². The maximum absolute atomic E-state index is 11.3. The molecule has 1 N–H and O–H groups in total. The van der Waals surface area contributed by atoms with Crippen molar-refractivity contribution in [2.24, 2.45) is 0 Å².